The van der Waals surface area contributed by atoms with Crippen LogP contribution in [0, 0.1) is 0 Å². The van der Waals surface area contributed by atoms with Gasteiger partial charge in [-0.2, -0.15) is 0 Å². The number of hydrogen-bond donors (Lipinski definition) is 1. The van der Waals surface area contributed by atoms with Crippen molar-refractivity contribution in [1.29, 1.82) is 0 Å². The van der Waals surface area contributed by atoms with E-state index in [1.54, 1.807) is 0 Å². The van der Waals surface area contributed by atoms with Gasteiger partial charge in [-0.15, -0.1) is 0 Å². The van der Waals surface area contributed by atoms with Crippen molar-refractivity contribution in [2.24, 2.45) is 0 Å². The molecule has 1 heterocycles. The summed E-state index contributed by atoms with van der Waals surface area (Å²) in [5.74, 6) is 0. The van der Waals surface area contributed by atoms with Gasteiger partial charge in [-0.05, 0) is 11.1 Å². The van der Waals surface area contributed by atoms with Gasteiger partial charge < -0.3 is 5.32 Å². The fraction of sp³-hybridized carbons (Fsp3) is 0.294. The zero-order valence-corrected chi connectivity index (χ0v) is 12.2. The second kappa shape index (κ2) is 5.96. The Morgan fingerprint density at radius 3 is 1.70 bits per heavy atom. The Kier molecular flexibility index (Phi) is 4.06. The topological polar surface area (TPSA) is 15.3 Å². The van der Waals surface area contributed by atoms with E-state index in [-0.39, 0.29) is 0 Å². The Morgan fingerprint density at radius 1 is 0.800 bits per heavy atom. The lowest BCUT2D eigenvalue weighted by atomic mass is 9.95. The highest BCUT2D eigenvalue weighted by Gasteiger charge is 2.38. The van der Waals surface area contributed by atoms with Crippen molar-refractivity contribution >= 4 is 11.6 Å². The molecule has 1 N–H and O–H groups in total. The van der Waals surface area contributed by atoms with E-state index in [4.69, 9.17) is 11.6 Å². The molecular weight excluding hydrogens is 268 g/mol. The van der Waals surface area contributed by atoms with Crippen molar-refractivity contribution in [2.75, 3.05) is 26.2 Å². The molecule has 1 aliphatic rings. The molecule has 20 heavy (non-hydrogen) atoms. The summed E-state index contributed by atoms with van der Waals surface area (Å²) >= 11 is 7.17. The van der Waals surface area contributed by atoms with Crippen LogP contribution >= 0.6 is 11.6 Å². The average molecular weight is 287 g/mol. The van der Waals surface area contributed by atoms with E-state index in [0.717, 1.165) is 37.3 Å². The van der Waals surface area contributed by atoms with Gasteiger partial charge >= 0.3 is 0 Å². The molecule has 0 amide bonds. The third-order valence-electron chi connectivity index (χ3n) is 3.87. The Morgan fingerprint density at radius 2 is 1.25 bits per heavy atom. The van der Waals surface area contributed by atoms with E-state index in [1.165, 1.54) is 0 Å². The normalized spacial score (nSPS) is 17.1. The standard InChI is InChI=1S/C17H19ClN2/c18-17(15-7-3-1-4-8-15,16-9-5-2-6-10-16)20-13-11-19-12-14-20/h1-10,19H,11-14H2. The number of nitrogens with zero attached hydrogens (tertiary/aromatic N) is 1. The van der Waals surface area contributed by atoms with E-state index < -0.39 is 5.00 Å². The smallest absolute Gasteiger partial charge is 0.147 e. The molecule has 104 valence electrons. The lowest BCUT2D eigenvalue weighted by Gasteiger charge is -2.42. The van der Waals surface area contributed by atoms with Gasteiger partial charge in [0.2, 0.25) is 0 Å². The van der Waals surface area contributed by atoms with Gasteiger partial charge in [0.1, 0.15) is 5.00 Å². The fourth-order valence-electron chi connectivity index (χ4n) is 2.82. The Labute approximate surface area is 125 Å². The molecule has 1 saturated heterocycles. The van der Waals surface area contributed by atoms with Crippen LogP contribution in [-0.4, -0.2) is 31.1 Å². The molecule has 0 atom stereocenters. The van der Waals surface area contributed by atoms with Gasteiger partial charge in [0.25, 0.3) is 0 Å². The minimum atomic E-state index is -0.579. The lowest BCUT2D eigenvalue weighted by Crippen LogP contribution is -2.52. The van der Waals surface area contributed by atoms with E-state index in [2.05, 4.69) is 58.7 Å². The second-order valence-corrected chi connectivity index (χ2v) is 5.64. The van der Waals surface area contributed by atoms with Crippen molar-refractivity contribution in [3.63, 3.8) is 0 Å². The third-order valence-corrected chi connectivity index (χ3v) is 4.54. The zero-order valence-electron chi connectivity index (χ0n) is 11.4. The molecule has 0 radical (unpaired) electrons. The van der Waals surface area contributed by atoms with E-state index >= 15 is 0 Å². The fourth-order valence-corrected chi connectivity index (χ4v) is 3.24. The third kappa shape index (κ3) is 2.47. The van der Waals surface area contributed by atoms with Crippen molar-refractivity contribution in [2.45, 2.75) is 5.00 Å². The SMILES string of the molecule is ClC(c1ccccc1)(c1ccccc1)N1CCNCC1. The summed E-state index contributed by atoms with van der Waals surface area (Å²) in [6, 6.07) is 20.7. The van der Waals surface area contributed by atoms with Gasteiger partial charge in [0.05, 0.1) is 0 Å². The number of piperazine rings is 1. The van der Waals surface area contributed by atoms with Crippen LogP contribution in [0.3, 0.4) is 0 Å². The van der Waals surface area contributed by atoms with Crippen LogP contribution in [0.5, 0.6) is 0 Å². The minimum absolute atomic E-state index is 0.579. The van der Waals surface area contributed by atoms with Crippen LogP contribution in [0.25, 0.3) is 0 Å². The van der Waals surface area contributed by atoms with E-state index in [1.807, 2.05) is 12.1 Å². The highest BCUT2D eigenvalue weighted by Crippen LogP contribution is 2.40. The Bertz CT molecular complexity index is 496. The highest BCUT2D eigenvalue weighted by atomic mass is 35.5. The maximum absolute atomic E-state index is 7.17. The summed E-state index contributed by atoms with van der Waals surface area (Å²) in [6.07, 6.45) is 0. The largest absolute Gasteiger partial charge is 0.314 e. The molecular formula is C17H19ClN2. The van der Waals surface area contributed by atoms with Gasteiger partial charge in [-0.3, -0.25) is 4.90 Å². The maximum atomic E-state index is 7.17. The Hall–Kier alpha value is -1.35. The van der Waals surface area contributed by atoms with Gasteiger partial charge in [-0.1, -0.05) is 72.3 Å². The predicted molar refractivity (Wildman–Crippen MR) is 84.0 cm³/mol. The summed E-state index contributed by atoms with van der Waals surface area (Å²) in [5.41, 5.74) is 2.27. The molecule has 0 unspecified atom stereocenters. The number of hydrogen-bond acceptors (Lipinski definition) is 2. The molecule has 0 bridgehead atoms. The molecule has 2 aromatic carbocycles. The summed E-state index contributed by atoms with van der Waals surface area (Å²) in [5, 5.41) is 3.39. The molecule has 3 rings (SSSR count). The summed E-state index contributed by atoms with van der Waals surface area (Å²) in [7, 11) is 0. The zero-order chi connectivity index (χ0) is 13.8. The number of halogens is 1. The molecule has 0 saturated carbocycles. The van der Waals surface area contributed by atoms with Crippen LogP contribution in [0.15, 0.2) is 60.7 Å². The molecule has 1 fully saturated rings. The number of rotatable bonds is 3. The van der Waals surface area contributed by atoms with Crippen LogP contribution in [0.2, 0.25) is 0 Å². The molecule has 3 heteroatoms. The first-order chi connectivity index (χ1) is 9.82. The number of benzene rings is 2. The van der Waals surface area contributed by atoms with Gasteiger partial charge in [0.15, 0.2) is 0 Å². The number of alkyl halides is 1. The summed E-state index contributed by atoms with van der Waals surface area (Å²) in [6.45, 7) is 3.86. The quantitative estimate of drug-likeness (QED) is 0.689. The first-order valence-corrected chi connectivity index (χ1v) is 7.45. The number of nitrogens with one attached hydrogen (secondary N) is 1. The monoisotopic (exact) mass is 286 g/mol. The minimum Gasteiger partial charge on any atom is -0.314 e. The van der Waals surface area contributed by atoms with Gasteiger partial charge in [-0.25, -0.2) is 0 Å². The molecule has 2 nitrogen and oxygen atoms in total. The molecule has 0 aliphatic carbocycles. The summed E-state index contributed by atoms with van der Waals surface area (Å²) in [4.78, 5) is 1.78. The Balaban J connectivity index is 2.07. The maximum Gasteiger partial charge on any atom is 0.147 e. The molecule has 1 aliphatic heterocycles. The van der Waals surface area contributed by atoms with Crippen molar-refractivity contribution in [1.82, 2.24) is 10.2 Å². The highest BCUT2D eigenvalue weighted by molar-refractivity contribution is 6.25. The molecule has 0 spiro atoms. The van der Waals surface area contributed by atoms with Crippen LogP contribution < -0.4 is 5.32 Å². The predicted octanol–water partition coefficient (Wildman–Crippen LogP) is 3.03. The summed E-state index contributed by atoms with van der Waals surface area (Å²) < 4.78 is 0. The molecule has 0 aromatic heterocycles. The van der Waals surface area contributed by atoms with Crippen molar-refractivity contribution < 1.29 is 0 Å². The van der Waals surface area contributed by atoms with Crippen LogP contribution in [-0.2, 0) is 5.00 Å². The first-order valence-electron chi connectivity index (χ1n) is 7.07. The van der Waals surface area contributed by atoms with Crippen molar-refractivity contribution in [3.05, 3.63) is 71.8 Å². The molecule has 2 aromatic rings. The van der Waals surface area contributed by atoms with Gasteiger partial charge in [0, 0.05) is 26.2 Å². The second-order valence-electron chi connectivity index (χ2n) is 5.09. The van der Waals surface area contributed by atoms with E-state index in [9.17, 15) is 0 Å². The lowest BCUT2D eigenvalue weighted by molar-refractivity contribution is 0.169. The van der Waals surface area contributed by atoms with Crippen molar-refractivity contribution in [3.8, 4) is 0 Å². The van der Waals surface area contributed by atoms with Crippen LogP contribution in [0.4, 0.5) is 0 Å². The van der Waals surface area contributed by atoms with E-state index in [0.29, 0.717) is 0 Å². The van der Waals surface area contributed by atoms with Crippen LogP contribution in [0.1, 0.15) is 11.1 Å². The average Bonchev–Trinajstić information content (AvgIpc) is 2.56. The first kappa shape index (κ1) is 13.6.